The first-order valence-electron chi connectivity index (χ1n) is 11.2. The summed E-state index contributed by atoms with van der Waals surface area (Å²) in [6.45, 7) is 2.24. The van der Waals surface area contributed by atoms with Crippen LogP contribution in [0.4, 0.5) is 0 Å². The Morgan fingerprint density at radius 3 is 2.50 bits per heavy atom. The lowest BCUT2D eigenvalue weighted by Gasteiger charge is -2.32. The first-order chi connectivity index (χ1) is 15.6. The number of amides is 3. The summed E-state index contributed by atoms with van der Waals surface area (Å²) in [6, 6.07) is 12.6. The van der Waals surface area contributed by atoms with Gasteiger partial charge in [-0.3, -0.25) is 24.2 Å². The molecule has 2 atom stereocenters. The van der Waals surface area contributed by atoms with Gasteiger partial charge in [0.1, 0.15) is 5.75 Å². The van der Waals surface area contributed by atoms with Crippen LogP contribution in [-0.4, -0.2) is 59.8 Å². The molecule has 7 nitrogen and oxygen atoms in total. The van der Waals surface area contributed by atoms with Crippen molar-refractivity contribution in [2.75, 3.05) is 20.2 Å². The lowest BCUT2D eigenvalue weighted by molar-refractivity contribution is 0.0642. The third-order valence-corrected chi connectivity index (χ3v) is 6.90. The fourth-order valence-electron chi connectivity index (χ4n) is 5.26. The van der Waals surface area contributed by atoms with Gasteiger partial charge in [0.05, 0.1) is 30.3 Å². The summed E-state index contributed by atoms with van der Waals surface area (Å²) in [4.78, 5) is 42.3. The number of hydrogen-bond acceptors (Lipinski definition) is 5. The molecule has 0 spiro atoms. The fraction of sp³-hybridized carbons (Fsp3) is 0.400. The third kappa shape index (κ3) is 3.56. The molecule has 0 saturated carbocycles. The highest BCUT2D eigenvalue weighted by Gasteiger charge is 2.37. The Morgan fingerprint density at radius 1 is 1.03 bits per heavy atom. The van der Waals surface area contributed by atoms with Gasteiger partial charge in [-0.1, -0.05) is 24.6 Å². The number of carbonyl (C=O) groups excluding carboxylic acids is 3. The zero-order valence-electron chi connectivity index (χ0n) is 18.2. The first-order valence-corrected chi connectivity index (χ1v) is 11.2. The molecule has 166 valence electrons. The maximum atomic E-state index is 13.2. The molecule has 3 amide bonds. The standard InChI is InChI=1S/C25H27N3O4/c1-32-22-10-9-16(15-28-24(30)17-6-2-3-7-18(17)25(28)31)14-19(22)23(29)26-20-11-13-27-12-5-4-8-21(20)27/h2-3,6-7,9-10,14,20-21H,4-5,8,11-13,15H2,1H3,(H,26,29)/t20-,21+/m0/s1. The van der Waals surface area contributed by atoms with Crippen LogP contribution in [0.1, 0.15) is 62.3 Å². The number of ether oxygens (including phenoxy) is 1. The van der Waals surface area contributed by atoms with Crippen molar-refractivity contribution in [3.63, 3.8) is 0 Å². The number of rotatable bonds is 5. The highest BCUT2D eigenvalue weighted by Crippen LogP contribution is 2.29. The summed E-state index contributed by atoms with van der Waals surface area (Å²) >= 11 is 0. The van der Waals surface area contributed by atoms with Crippen LogP contribution in [0.15, 0.2) is 42.5 Å². The van der Waals surface area contributed by atoms with Crippen molar-refractivity contribution >= 4 is 17.7 Å². The highest BCUT2D eigenvalue weighted by atomic mass is 16.5. The van der Waals surface area contributed by atoms with Gasteiger partial charge in [-0.2, -0.15) is 0 Å². The van der Waals surface area contributed by atoms with Crippen molar-refractivity contribution in [1.29, 1.82) is 0 Å². The largest absolute Gasteiger partial charge is 0.496 e. The molecule has 3 aliphatic heterocycles. The summed E-state index contributed by atoms with van der Waals surface area (Å²) in [7, 11) is 1.54. The molecule has 7 heteroatoms. The number of benzene rings is 2. The van der Waals surface area contributed by atoms with E-state index in [9.17, 15) is 14.4 Å². The maximum absolute atomic E-state index is 13.2. The van der Waals surface area contributed by atoms with Crippen molar-refractivity contribution in [2.45, 2.75) is 44.3 Å². The second-order valence-corrected chi connectivity index (χ2v) is 8.74. The predicted octanol–water partition coefficient (Wildman–Crippen LogP) is 2.85. The van der Waals surface area contributed by atoms with E-state index in [0.29, 0.717) is 34.0 Å². The summed E-state index contributed by atoms with van der Waals surface area (Å²) in [5, 5.41) is 3.21. The van der Waals surface area contributed by atoms with Gasteiger partial charge in [-0.25, -0.2) is 0 Å². The van der Waals surface area contributed by atoms with E-state index >= 15 is 0 Å². The lowest BCUT2D eigenvalue weighted by Crippen LogP contribution is -2.46. The van der Waals surface area contributed by atoms with Crippen molar-refractivity contribution in [3.05, 3.63) is 64.7 Å². The van der Waals surface area contributed by atoms with E-state index in [1.54, 1.807) is 42.5 Å². The SMILES string of the molecule is COc1ccc(CN2C(=O)c3ccccc3C2=O)cc1C(=O)N[C@H]1CCN2CCCC[C@H]12. The summed E-state index contributed by atoms with van der Waals surface area (Å²) in [5.41, 5.74) is 1.97. The van der Waals surface area contributed by atoms with Gasteiger partial charge in [0.25, 0.3) is 17.7 Å². The molecule has 0 aromatic heterocycles. The van der Waals surface area contributed by atoms with Crippen molar-refractivity contribution < 1.29 is 19.1 Å². The molecule has 1 N–H and O–H groups in total. The fourth-order valence-corrected chi connectivity index (χ4v) is 5.26. The molecule has 2 saturated heterocycles. The molecule has 32 heavy (non-hydrogen) atoms. The topological polar surface area (TPSA) is 78.9 Å². The van der Waals surface area contributed by atoms with Crippen molar-refractivity contribution in [1.82, 2.24) is 15.1 Å². The maximum Gasteiger partial charge on any atom is 0.261 e. The number of imide groups is 1. The number of fused-ring (bicyclic) bond motifs is 2. The van der Waals surface area contributed by atoms with Crippen LogP contribution in [0.25, 0.3) is 0 Å². The van der Waals surface area contributed by atoms with Gasteiger partial charge in [-0.15, -0.1) is 0 Å². The molecule has 0 aliphatic carbocycles. The molecular weight excluding hydrogens is 406 g/mol. The smallest absolute Gasteiger partial charge is 0.261 e. The Balaban J connectivity index is 1.35. The molecule has 2 fully saturated rings. The van der Waals surface area contributed by atoms with Crippen LogP contribution in [0.2, 0.25) is 0 Å². The molecule has 2 aromatic rings. The van der Waals surface area contributed by atoms with Gasteiger partial charge < -0.3 is 10.1 Å². The van der Waals surface area contributed by atoms with Crippen LogP contribution in [0, 0.1) is 0 Å². The van der Waals surface area contributed by atoms with Gasteiger partial charge in [-0.05, 0) is 55.6 Å². The Morgan fingerprint density at radius 2 is 1.78 bits per heavy atom. The van der Waals surface area contributed by atoms with Crippen molar-refractivity contribution in [2.24, 2.45) is 0 Å². The van der Waals surface area contributed by atoms with Crippen LogP contribution in [-0.2, 0) is 6.54 Å². The molecular formula is C25H27N3O4. The van der Waals surface area contributed by atoms with E-state index in [0.717, 1.165) is 25.9 Å². The quantitative estimate of drug-likeness (QED) is 0.734. The second kappa shape index (κ2) is 8.39. The van der Waals surface area contributed by atoms with E-state index in [1.165, 1.54) is 24.9 Å². The normalized spacial score (nSPS) is 22.6. The Labute approximate surface area is 187 Å². The second-order valence-electron chi connectivity index (χ2n) is 8.74. The number of piperidine rings is 1. The Hall–Kier alpha value is -3.19. The first kappa shape index (κ1) is 20.7. The summed E-state index contributed by atoms with van der Waals surface area (Å²) < 4.78 is 5.44. The van der Waals surface area contributed by atoms with E-state index in [2.05, 4.69) is 10.2 Å². The predicted molar refractivity (Wildman–Crippen MR) is 119 cm³/mol. The summed E-state index contributed by atoms with van der Waals surface area (Å²) in [6.07, 6.45) is 4.49. The molecule has 0 unspecified atom stereocenters. The molecule has 3 aliphatic rings. The molecule has 2 aromatic carbocycles. The van der Waals surface area contributed by atoms with E-state index < -0.39 is 0 Å². The molecule has 3 heterocycles. The van der Waals surface area contributed by atoms with Gasteiger partial charge in [0.2, 0.25) is 0 Å². The minimum atomic E-state index is -0.309. The van der Waals surface area contributed by atoms with Crippen LogP contribution in [0.5, 0.6) is 5.75 Å². The monoisotopic (exact) mass is 433 g/mol. The number of hydrogen-bond donors (Lipinski definition) is 1. The average molecular weight is 434 g/mol. The molecule has 0 bridgehead atoms. The van der Waals surface area contributed by atoms with Crippen molar-refractivity contribution in [3.8, 4) is 5.75 Å². The van der Waals surface area contributed by atoms with Gasteiger partial charge >= 0.3 is 0 Å². The Kier molecular flexibility index (Phi) is 5.43. The van der Waals surface area contributed by atoms with E-state index in [-0.39, 0.29) is 30.3 Å². The lowest BCUT2D eigenvalue weighted by atomic mass is 9.98. The van der Waals surface area contributed by atoms with Gasteiger partial charge in [0.15, 0.2) is 0 Å². The number of nitrogens with one attached hydrogen (secondary N) is 1. The minimum Gasteiger partial charge on any atom is -0.496 e. The zero-order chi connectivity index (χ0) is 22.2. The van der Waals surface area contributed by atoms with Crippen LogP contribution < -0.4 is 10.1 Å². The van der Waals surface area contributed by atoms with E-state index in [1.807, 2.05) is 0 Å². The third-order valence-electron chi connectivity index (χ3n) is 6.90. The minimum absolute atomic E-state index is 0.108. The van der Waals surface area contributed by atoms with Crippen LogP contribution in [0.3, 0.4) is 0 Å². The average Bonchev–Trinajstić information content (AvgIpc) is 3.34. The molecule has 5 rings (SSSR count). The zero-order valence-corrected chi connectivity index (χ0v) is 18.2. The number of methoxy groups -OCH3 is 1. The number of carbonyl (C=O) groups is 3. The summed E-state index contributed by atoms with van der Waals surface area (Å²) in [5.74, 6) is -0.317. The van der Waals surface area contributed by atoms with E-state index in [4.69, 9.17) is 4.74 Å². The van der Waals surface area contributed by atoms with Gasteiger partial charge in [0, 0.05) is 18.6 Å². The highest BCUT2D eigenvalue weighted by molar-refractivity contribution is 6.21. The number of nitrogens with zero attached hydrogens (tertiary/aromatic N) is 2. The van der Waals surface area contributed by atoms with Crippen LogP contribution >= 0.6 is 0 Å². The molecule has 0 radical (unpaired) electrons. The Bertz CT molecular complexity index is 1050.